The highest BCUT2D eigenvalue weighted by atomic mass is 35.5. The lowest BCUT2D eigenvalue weighted by Crippen LogP contribution is -2.22. The Labute approximate surface area is 131 Å². The monoisotopic (exact) mass is 319 g/mol. The van der Waals surface area contributed by atoms with E-state index in [-0.39, 0.29) is 5.91 Å². The third-order valence-corrected chi connectivity index (χ3v) is 4.98. The molecule has 21 heavy (non-hydrogen) atoms. The van der Waals surface area contributed by atoms with Crippen LogP contribution in [0.4, 0.5) is 0 Å². The molecule has 3 aromatic heterocycles. The van der Waals surface area contributed by atoms with E-state index in [2.05, 4.69) is 10.3 Å². The quantitative estimate of drug-likeness (QED) is 0.802. The number of aromatic nitrogens is 2. The van der Waals surface area contributed by atoms with Crippen LogP contribution in [0, 0.1) is 13.8 Å². The average molecular weight is 320 g/mol. The Morgan fingerprint density at radius 3 is 2.90 bits per heavy atom. The standard InChI is InChI=1S/C15H14ClN3OS/c1-9-8-21-14(13(9)16)15(20)17-6-11-7-19-10(2)4-3-5-12(19)18-11/h3-5,7-8H,6H2,1-2H3,(H,17,20). The van der Waals surface area contributed by atoms with E-state index in [1.165, 1.54) is 11.3 Å². The summed E-state index contributed by atoms with van der Waals surface area (Å²) in [5.41, 5.74) is 3.73. The van der Waals surface area contributed by atoms with Gasteiger partial charge in [0.05, 0.1) is 17.3 Å². The number of carbonyl (C=O) groups is 1. The minimum atomic E-state index is -0.160. The number of thiophene rings is 1. The van der Waals surface area contributed by atoms with E-state index in [9.17, 15) is 4.79 Å². The molecule has 0 aromatic carbocycles. The first-order valence-electron chi connectivity index (χ1n) is 6.51. The smallest absolute Gasteiger partial charge is 0.263 e. The Morgan fingerprint density at radius 2 is 2.24 bits per heavy atom. The summed E-state index contributed by atoms with van der Waals surface area (Å²) >= 11 is 7.46. The van der Waals surface area contributed by atoms with Gasteiger partial charge in [0.15, 0.2) is 0 Å². The molecule has 0 aliphatic heterocycles. The molecule has 0 radical (unpaired) electrons. The van der Waals surface area contributed by atoms with E-state index in [1.54, 1.807) is 0 Å². The maximum Gasteiger partial charge on any atom is 0.263 e. The van der Waals surface area contributed by atoms with Crippen molar-refractivity contribution in [3.05, 3.63) is 56.6 Å². The van der Waals surface area contributed by atoms with Gasteiger partial charge in [-0.25, -0.2) is 4.98 Å². The van der Waals surface area contributed by atoms with Crippen molar-refractivity contribution in [2.24, 2.45) is 0 Å². The number of fused-ring (bicyclic) bond motifs is 1. The summed E-state index contributed by atoms with van der Waals surface area (Å²) in [5.74, 6) is -0.160. The molecule has 0 saturated heterocycles. The highest BCUT2D eigenvalue weighted by Crippen LogP contribution is 2.26. The number of hydrogen-bond acceptors (Lipinski definition) is 3. The van der Waals surface area contributed by atoms with Gasteiger partial charge in [0.1, 0.15) is 10.5 Å². The minimum absolute atomic E-state index is 0.160. The number of pyridine rings is 1. The molecule has 3 heterocycles. The summed E-state index contributed by atoms with van der Waals surface area (Å²) in [6.45, 7) is 4.29. The highest BCUT2D eigenvalue weighted by Gasteiger charge is 2.14. The van der Waals surface area contributed by atoms with Crippen LogP contribution in [0.5, 0.6) is 0 Å². The molecule has 0 spiro atoms. The van der Waals surface area contributed by atoms with Crippen LogP contribution in [-0.2, 0) is 6.54 Å². The van der Waals surface area contributed by atoms with Crippen LogP contribution >= 0.6 is 22.9 Å². The van der Waals surface area contributed by atoms with Gasteiger partial charge in [-0.3, -0.25) is 4.79 Å². The Hall–Kier alpha value is -1.85. The fourth-order valence-electron chi connectivity index (χ4n) is 2.12. The summed E-state index contributed by atoms with van der Waals surface area (Å²) in [6, 6.07) is 5.93. The van der Waals surface area contributed by atoms with E-state index in [4.69, 9.17) is 11.6 Å². The fraction of sp³-hybridized carbons (Fsp3) is 0.200. The lowest BCUT2D eigenvalue weighted by Gasteiger charge is -2.01. The summed E-state index contributed by atoms with van der Waals surface area (Å²) < 4.78 is 2.00. The topological polar surface area (TPSA) is 46.4 Å². The van der Waals surface area contributed by atoms with Gasteiger partial charge in [0.25, 0.3) is 5.91 Å². The largest absolute Gasteiger partial charge is 0.346 e. The zero-order chi connectivity index (χ0) is 15.0. The number of hydrogen-bond donors (Lipinski definition) is 1. The molecule has 0 atom stereocenters. The predicted molar refractivity (Wildman–Crippen MR) is 85.2 cm³/mol. The normalized spacial score (nSPS) is 11.0. The maximum absolute atomic E-state index is 12.1. The lowest BCUT2D eigenvalue weighted by atomic mass is 10.3. The second-order valence-corrected chi connectivity index (χ2v) is 6.13. The summed E-state index contributed by atoms with van der Waals surface area (Å²) in [6.07, 6.45) is 1.94. The van der Waals surface area contributed by atoms with Crippen molar-refractivity contribution in [3.63, 3.8) is 0 Å². The van der Waals surface area contributed by atoms with Crippen molar-refractivity contribution in [3.8, 4) is 0 Å². The lowest BCUT2D eigenvalue weighted by molar-refractivity contribution is 0.0954. The molecule has 0 aliphatic carbocycles. The number of imidazole rings is 1. The molecule has 0 bridgehead atoms. The molecule has 3 rings (SSSR count). The van der Waals surface area contributed by atoms with E-state index < -0.39 is 0 Å². The van der Waals surface area contributed by atoms with E-state index in [0.29, 0.717) is 16.4 Å². The van der Waals surface area contributed by atoms with E-state index >= 15 is 0 Å². The number of aryl methyl sites for hydroxylation is 2. The van der Waals surface area contributed by atoms with Gasteiger partial charge >= 0.3 is 0 Å². The fourth-order valence-corrected chi connectivity index (χ4v) is 3.31. The van der Waals surface area contributed by atoms with Crippen LogP contribution in [0.1, 0.15) is 26.6 Å². The van der Waals surface area contributed by atoms with Gasteiger partial charge in [-0.2, -0.15) is 0 Å². The van der Waals surface area contributed by atoms with Crippen LogP contribution in [0.3, 0.4) is 0 Å². The molecular weight excluding hydrogens is 306 g/mol. The molecule has 0 fully saturated rings. The van der Waals surface area contributed by atoms with Gasteiger partial charge in [0, 0.05) is 11.9 Å². The molecule has 0 aliphatic rings. The zero-order valence-electron chi connectivity index (χ0n) is 11.7. The van der Waals surface area contributed by atoms with Gasteiger partial charge in [-0.05, 0) is 36.9 Å². The van der Waals surface area contributed by atoms with Crippen molar-refractivity contribution in [1.29, 1.82) is 0 Å². The molecule has 1 amide bonds. The predicted octanol–water partition coefficient (Wildman–Crippen LogP) is 3.60. The Balaban J connectivity index is 1.76. The van der Waals surface area contributed by atoms with Crippen LogP contribution < -0.4 is 5.32 Å². The highest BCUT2D eigenvalue weighted by molar-refractivity contribution is 7.13. The zero-order valence-corrected chi connectivity index (χ0v) is 13.3. The summed E-state index contributed by atoms with van der Waals surface area (Å²) in [4.78, 5) is 17.2. The van der Waals surface area contributed by atoms with Crippen molar-refractivity contribution >= 4 is 34.5 Å². The summed E-state index contributed by atoms with van der Waals surface area (Å²) in [7, 11) is 0. The molecule has 4 nitrogen and oxygen atoms in total. The number of halogens is 1. The van der Waals surface area contributed by atoms with Crippen molar-refractivity contribution in [1.82, 2.24) is 14.7 Å². The van der Waals surface area contributed by atoms with Gasteiger partial charge in [0.2, 0.25) is 0 Å². The first-order chi connectivity index (χ1) is 10.1. The summed E-state index contributed by atoms with van der Waals surface area (Å²) in [5, 5.41) is 5.27. The van der Waals surface area contributed by atoms with Gasteiger partial charge in [-0.1, -0.05) is 17.7 Å². The van der Waals surface area contributed by atoms with Gasteiger partial charge < -0.3 is 9.72 Å². The van der Waals surface area contributed by atoms with E-state index in [0.717, 1.165) is 22.6 Å². The molecule has 108 valence electrons. The average Bonchev–Trinajstić information content (AvgIpc) is 3.02. The van der Waals surface area contributed by atoms with Crippen LogP contribution in [0.2, 0.25) is 5.02 Å². The maximum atomic E-state index is 12.1. The molecule has 0 saturated carbocycles. The number of nitrogens with one attached hydrogen (secondary N) is 1. The van der Waals surface area contributed by atoms with E-state index in [1.807, 2.05) is 48.0 Å². The SMILES string of the molecule is Cc1csc(C(=O)NCc2cn3c(C)cccc3n2)c1Cl. The van der Waals surface area contributed by atoms with Crippen molar-refractivity contribution in [2.75, 3.05) is 0 Å². The van der Waals surface area contributed by atoms with Crippen LogP contribution in [0.15, 0.2) is 29.8 Å². The van der Waals surface area contributed by atoms with Gasteiger partial charge in [-0.15, -0.1) is 11.3 Å². The second-order valence-electron chi connectivity index (χ2n) is 4.87. The van der Waals surface area contributed by atoms with Crippen molar-refractivity contribution in [2.45, 2.75) is 20.4 Å². The molecular formula is C15H14ClN3OS. The molecule has 3 aromatic rings. The minimum Gasteiger partial charge on any atom is -0.346 e. The number of amides is 1. The van der Waals surface area contributed by atoms with Crippen LogP contribution in [-0.4, -0.2) is 15.3 Å². The van der Waals surface area contributed by atoms with Crippen molar-refractivity contribution < 1.29 is 4.79 Å². The second kappa shape index (κ2) is 5.50. The molecule has 0 unspecified atom stereocenters. The first kappa shape index (κ1) is 14.1. The number of rotatable bonds is 3. The third kappa shape index (κ3) is 2.66. The Kier molecular flexibility index (Phi) is 3.69. The Bertz CT molecular complexity index is 822. The first-order valence-corrected chi connectivity index (χ1v) is 7.77. The number of carbonyl (C=O) groups excluding carboxylic acids is 1. The Morgan fingerprint density at radius 1 is 1.43 bits per heavy atom. The molecule has 1 N–H and O–H groups in total. The third-order valence-electron chi connectivity index (χ3n) is 3.28. The van der Waals surface area contributed by atoms with Crippen LogP contribution in [0.25, 0.3) is 5.65 Å². The number of nitrogens with zero attached hydrogens (tertiary/aromatic N) is 2. The molecule has 6 heteroatoms.